The molecule has 0 bridgehead atoms. The molecule has 0 aromatic heterocycles. The van der Waals surface area contributed by atoms with Crippen LogP contribution in [0.3, 0.4) is 0 Å². The summed E-state index contributed by atoms with van der Waals surface area (Å²) in [6.07, 6.45) is 65.6. The Bertz CT molecular complexity index is 2620. The van der Waals surface area contributed by atoms with E-state index in [9.17, 15) is 0 Å². The van der Waals surface area contributed by atoms with Crippen molar-refractivity contribution in [3.05, 3.63) is 201 Å². The molecule has 2 nitrogen and oxygen atoms in total. The molecule has 1 aromatic rings. The van der Waals surface area contributed by atoms with Crippen molar-refractivity contribution in [2.24, 2.45) is 52.8 Å². The lowest BCUT2D eigenvalue weighted by molar-refractivity contribution is 0.0900. The second-order valence-corrected chi connectivity index (χ2v) is 21.7. The zero-order valence-corrected chi connectivity index (χ0v) is 37.7. The number of fused-ring (bicyclic) bond motifs is 14. The fourth-order valence-corrected chi connectivity index (χ4v) is 17.4. The summed E-state index contributed by atoms with van der Waals surface area (Å²) >= 11 is 0. The lowest BCUT2D eigenvalue weighted by atomic mass is 9.56. The van der Waals surface area contributed by atoms with Crippen LogP contribution in [0, 0.1) is 52.8 Å². The fraction of sp³-hybridized carbons (Fsp3) is 0.452. The second kappa shape index (κ2) is 14.8. The van der Waals surface area contributed by atoms with Gasteiger partial charge in [-0.05, 0) is 171 Å². The summed E-state index contributed by atoms with van der Waals surface area (Å²) in [6.45, 7) is 0. The van der Waals surface area contributed by atoms with Crippen LogP contribution in [0.2, 0.25) is 0 Å². The molecule has 2 fully saturated rings. The van der Waals surface area contributed by atoms with Gasteiger partial charge in [-0.2, -0.15) is 0 Å². The molecule has 12 aliphatic carbocycles. The summed E-state index contributed by atoms with van der Waals surface area (Å²) in [7, 11) is 0. The molecule has 2 saturated carbocycles. The van der Waals surface area contributed by atoms with E-state index in [0.717, 1.165) is 44.9 Å². The van der Waals surface area contributed by atoms with Crippen molar-refractivity contribution in [1.29, 1.82) is 0 Å². The van der Waals surface area contributed by atoms with Gasteiger partial charge in [-0.1, -0.05) is 139 Å². The largest absolute Gasteiger partial charge is 0.490 e. The Morgan fingerprint density at radius 1 is 0.688 bits per heavy atom. The van der Waals surface area contributed by atoms with E-state index in [-0.39, 0.29) is 28.9 Å². The second-order valence-electron chi connectivity index (χ2n) is 21.7. The SMILES string of the molecule is C1=CCC2C(=C1)C1C=CCCC1C21C2=C(C=CC(N(C3=CC=CC4OC5=C(CCCC5)C34)C3=C4C(=CCC3)C(C3=CCCC=C3)(c3ccccc3)C3CCC=CC43)C2)C2CCC=CC21. The van der Waals surface area contributed by atoms with Crippen molar-refractivity contribution in [3.8, 4) is 0 Å². The fourth-order valence-electron chi connectivity index (χ4n) is 17.4. The third-order valence-electron chi connectivity index (χ3n) is 19.3. The molecule has 1 spiro atoms. The number of rotatable bonds is 5. The van der Waals surface area contributed by atoms with Crippen LogP contribution in [-0.2, 0) is 10.2 Å². The van der Waals surface area contributed by atoms with Crippen molar-refractivity contribution < 1.29 is 4.74 Å². The Labute approximate surface area is 382 Å². The number of nitrogens with zero attached hydrogens (tertiary/aromatic N) is 1. The van der Waals surface area contributed by atoms with Crippen LogP contribution in [0.4, 0.5) is 0 Å². The molecular formula is C62H65NO. The van der Waals surface area contributed by atoms with Crippen molar-refractivity contribution in [2.45, 2.75) is 120 Å². The molecule has 324 valence electrons. The van der Waals surface area contributed by atoms with Gasteiger partial charge in [-0.25, -0.2) is 0 Å². The van der Waals surface area contributed by atoms with E-state index in [1.807, 2.05) is 5.57 Å². The molecule has 13 aliphatic rings. The first kappa shape index (κ1) is 38.4. The number of hydrogen-bond acceptors (Lipinski definition) is 2. The van der Waals surface area contributed by atoms with Crippen LogP contribution in [0.15, 0.2) is 196 Å². The Morgan fingerprint density at radius 2 is 1.55 bits per heavy atom. The number of benzene rings is 1. The monoisotopic (exact) mass is 840 g/mol. The maximum atomic E-state index is 7.01. The van der Waals surface area contributed by atoms with Gasteiger partial charge >= 0.3 is 0 Å². The molecular weight excluding hydrogens is 775 g/mol. The predicted molar refractivity (Wildman–Crippen MR) is 260 cm³/mol. The molecule has 0 saturated heterocycles. The number of allylic oxidation sites excluding steroid dienone is 23. The molecule has 0 N–H and O–H groups in total. The minimum absolute atomic E-state index is 0.0983. The Balaban J connectivity index is 0.979. The summed E-state index contributed by atoms with van der Waals surface area (Å²) in [5.41, 5.74) is 16.4. The van der Waals surface area contributed by atoms with Crippen LogP contribution in [0.25, 0.3) is 0 Å². The maximum absolute atomic E-state index is 7.01. The maximum Gasteiger partial charge on any atom is 0.129 e. The Kier molecular flexibility index (Phi) is 8.92. The van der Waals surface area contributed by atoms with E-state index in [1.54, 1.807) is 39.1 Å². The van der Waals surface area contributed by atoms with Gasteiger partial charge in [-0.15, -0.1) is 0 Å². The molecule has 12 unspecified atom stereocenters. The van der Waals surface area contributed by atoms with Crippen LogP contribution >= 0.6 is 0 Å². The normalized spacial score (nSPS) is 40.4. The van der Waals surface area contributed by atoms with Crippen molar-refractivity contribution in [1.82, 2.24) is 4.90 Å². The molecule has 2 heteroatoms. The molecule has 0 radical (unpaired) electrons. The van der Waals surface area contributed by atoms with E-state index in [1.165, 1.54) is 74.8 Å². The molecule has 1 heterocycles. The molecule has 1 aliphatic heterocycles. The highest BCUT2D eigenvalue weighted by molar-refractivity contribution is 5.67. The molecule has 1 aromatic carbocycles. The van der Waals surface area contributed by atoms with Gasteiger partial charge in [0, 0.05) is 40.5 Å². The van der Waals surface area contributed by atoms with Crippen molar-refractivity contribution >= 4 is 0 Å². The number of hydrogen-bond donors (Lipinski definition) is 0. The molecule has 64 heavy (non-hydrogen) atoms. The first-order valence-electron chi connectivity index (χ1n) is 26.0. The lowest BCUT2D eigenvalue weighted by Gasteiger charge is -2.49. The van der Waals surface area contributed by atoms with Crippen LogP contribution < -0.4 is 0 Å². The quantitative estimate of drug-likeness (QED) is 0.274. The van der Waals surface area contributed by atoms with E-state index in [0.29, 0.717) is 41.4 Å². The predicted octanol–water partition coefficient (Wildman–Crippen LogP) is 14.7. The molecule has 14 rings (SSSR count). The zero-order chi connectivity index (χ0) is 42.0. The van der Waals surface area contributed by atoms with E-state index >= 15 is 0 Å². The summed E-state index contributed by atoms with van der Waals surface area (Å²) < 4.78 is 7.01. The first-order chi connectivity index (χ1) is 31.8. The van der Waals surface area contributed by atoms with Gasteiger partial charge in [0.2, 0.25) is 0 Å². The summed E-state index contributed by atoms with van der Waals surface area (Å²) in [5, 5.41) is 0. The minimum atomic E-state index is -0.153. The highest BCUT2D eigenvalue weighted by atomic mass is 16.5. The average Bonchev–Trinajstić information content (AvgIpc) is 4.08. The summed E-state index contributed by atoms with van der Waals surface area (Å²) in [5.74, 6) is 5.55. The van der Waals surface area contributed by atoms with Gasteiger partial charge in [0.25, 0.3) is 0 Å². The smallest absolute Gasteiger partial charge is 0.129 e. The van der Waals surface area contributed by atoms with Gasteiger partial charge in [0.1, 0.15) is 6.10 Å². The van der Waals surface area contributed by atoms with E-state index in [2.05, 4.69) is 145 Å². The third-order valence-corrected chi connectivity index (χ3v) is 19.3. The zero-order valence-electron chi connectivity index (χ0n) is 37.7. The van der Waals surface area contributed by atoms with Crippen molar-refractivity contribution in [2.75, 3.05) is 0 Å². The topological polar surface area (TPSA) is 12.5 Å². The third kappa shape index (κ3) is 5.15. The highest BCUT2D eigenvalue weighted by Crippen LogP contribution is 2.74. The van der Waals surface area contributed by atoms with Crippen molar-refractivity contribution in [3.63, 3.8) is 0 Å². The summed E-state index contributed by atoms with van der Waals surface area (Å²) in [6, 6.07) is 12.1. The summed E-state index contributed by atoms with van der Waals surface area (Å²) in [4.78, 5) is 3.04. The highest BCUT2D eigenvalue weighted by Gasteiger charge is 2.67. The van der Waals surface area contributed by atoms with Crippen LogP contribution in [-0.4, -0.2) is 17.0 Å². The lowest BCUT2D eigenvalue weighted by Crippen LogP contribution is -2.45. The number of ether oxygens (including phenoxy) is 1. The minimum Gasteiger partial charge on any atom is -0.490 e. The standard InChI is InChI=1S/C62H65NO/c1-3-19-40(20-4-1)61(41-21-5-2-6-22-41)52-31-15-10-26-47(52)59-53(61)32-17-33-55(59)63(56-34-18-36-58-60(56)48-27-11-16-35-57(48)64-58)42-37-38-46-45-25-9-14-30-51(45)62(54(46)39-42)49-28-12-7-23-43(49)44-24-8-13-29-50(44)62/h1,3-5,7-8,10,12,14,18-24,26,30,32,34,36-38,42,44-45,47,49-52,58,60H,2,6,9,11,13,15-17,25,27-29,31,33,35,39H2. The van der Waals surface area contributed by atoms with Gasteiger partial charge < -0.3 is 9.64 Å². The molecule has 0 amide bonds. The Morgan fingerprint density at radius 3 is 2.45 bits per heavy atom. The van der Waals surface area contributed by atoms with Gasteiger partial charge in [-0.3, -0.25) is 0 Å². The average molecular weight is 840 g/mol. The van der Waals surface area contributed by atoms with Crippen LogP contribution in [0.1, 0.15) is 108 Å². The van der Waals surface area contributed by atoms with Crippen LogP contribution in [0.5, 0.6) is 0 Å². The Hall–Kier alpha value is -4.82. The van der Waals surface area contributed by atoms with E-state index in [4.69, 9.17) is 4.74 Å². The molecule has 12 atom stereocenters. The van der Waals surface area contributed by atoms with Gasteiger partial charge in [0.05, 0.1) is 17.7 Å². The van der Waals surface area contributed by atoms with Gasteiger partial charge in [0.15, 0.2) is 0 Å². The first-order valence-corrected chi connectivity index (χ1v) is 26.0. The van der Waals surface area contributed by atoms with E-state index < -0.39 is 0 Å².